The summed E-state index contributed by atoms with van der Waals surface area (Å²) < 4.78 is 19.7. The van der Waals surface area contributed by atoms with E-state index in [4.69, 9.17) is 4.74 Å². The number of hydrogen-bond acceptors (Lipinski definition) is 6. The van der Waals surface area contributed by atoms with Crippen molar-refractivity contribution in [3.63, 3.8) is 0 Å². The maximum absolute atomic E-state index is 13.9. The van der Waals surface area contributed by atoms with E-state index in [1.165, 1.54) is 6.07 Å². The van der Waals surface area contributed by atoms with Gasteiger partial charge in [-0.3, -0.25) is 9.69 Å². The maximum Gasteiger partial charge on any atom is 0.161 e. The summed E-state index contributed by atoms with van der Waals surface area (Å²) >= 11 is 0. The van der Waals surface area contributed by atoms with E-state index in [0.717, 1.165) is 70.2 Å². The number of piperazine rings is 1. The van der Waals surface area contributed by atoms with Crippen LogP contribution in [0.3, 0.4) is 0 Å². The van der Waals surface area contributed by atoms with Gasteiger partial charge >= 0.3 is 0 Å². The van der Waals surface area contributed by atoms with Crippen molar-refractivity contribution >= 4 is 11.5 Å². The van der Waals surface area contributed by atoms with E-state index in [0.29, 0.717) is 24.7 Å². The van der Waals surface area contributed by atoms with Gasteiger partial charge < -0.3 is 19.6 Å². The number of hydrogen-bond donors (Lipinski definition) is 1. The van der Waals surface area contributed by atoms with Crippen LogP contribution in [0.4, 0.5) is 10.1 Å². The molecule has 31 heavy (non-hydrogen) atoms. The van der Waals surface area contributed by atoms with Crippen LogP contribution in [0.2, 0.25) is 0 Å². The molecule has 2 heterocycles. The number of nitrogens with zero attached hydrogens (tertiary/aromatic N) is 3. The molecule has 1 aromatic carbocycles. The SMILES string of the molecule is CC(C)Oc1ccc(F)cc1N1CCN(CCCN2CC3CC(=O)C(O)CC3C2)CC1. The number of carbonyl (C=O) groups excluding carboxylic acids is 1. The smallest absolute Gasteiger partial charge is 0.161 e. The summed E-state index contributed by atoms with van der Waals surface area (Å²) in [6, 6.07) is 4.78. The number of Topliss-reactive ketones (excluding diaryl/α,β-unsaturated/α-hetero) is 1. The molecule has 0 aromatic heterocycles. The molecule has 3 fully saturated rings. The number of carbonyl (C=O) groups is 1. The maximum atomic E-state index is 13.9. The van der Waals surface area contributed by atoms with Crippen LogP contribution in [0.1, 0.15) is 33.1 Å². The van der Waals surface area contributed by atoms with Crippen LogP contribution in [0, 0.1) is 17.7 Å². The van der Waals surface area contributed by atoms with Crippen LogP contribution in [0.5, 0.6) is 5.75 Å². The first-order chi connectivity index (χ1) is 14.9. The predicted octanol–water partition coefficient (Wildman–Crippen LogP) is 2.40. The van der Waals surface area contributed by atoms with E-state index in [-0.39, 0.29) is 17.7 Å². The van der Waals surface area contributed by atoms with Gasteiger partial charge in [0.15, 0.2) is 5.78 Å². The van der Waals surface area contributed by atoms with Gasteiger partial charge in [0.25, 0.3) is 0 Å². The van der Waals surface area contributed by atoms with E-state index in [9.17, 15) is 14.3 Å². The van der Waals surface area contributed by atoms with Crippen molar-refractivity contribution in [1.82, 2.24) is 9.80 Å². The number of ether oxygens (including phenoxy) is 1. The van der Waals surface area contributed by atoms with Crippen molar-refractivity contribution in [1.29, 1.82) is 0 Å². The van der Waals surface area contributed by atoms with E-state index in [2.05, 4.69) is 14.7 Å². The summed E-state index contributed by atoms with van der Waals surface area (Å²) in [7, 11) is 0. The molecule has 0 bridgehead atoms. The number of aliphatic hydroxyl groups is 1. The molecule has 172 valence electrons. The molecule has 3 atom stereocenters. The van der Waals surface area contributed by atoms with E-state index in [1.54, 1.807) is 12.1 Å². The lowest BCUT2D eigenvalue weighted by atomic mass is 9.79. The number of ketones is 1. The molecule has 4 rings (SSSR count). The fraction of sp³-hybridized carbons (Fsp3) is 0.708. The first kappa shape index (κ1) is 22.5. The van der Waals surface area contributed by atoms with Crippen molar-refractivity contribution < 1.29 is 19.0 Å². The number of anilines is 1. The summed E-state index contributed by atoms with van der Waals surface area (Å²) in [6.45, 7) is 11.7. The first-order valence-corrected chi connectivity index (χ1v) is 11.8. The Morgan fingerprint density at radius 1 is 1.10 bits per heavy atom. The van der Waals surface area contributed by atoms with Gasteiger partial charge in [-0.2, -0.15) is 0 Å². The topological polar surface area (TPSA) is 56.2 Å². The minimum atomic E-state index is -0.734. The van der Waals surface area contributed by atoms with Gasteiger partial charge in [-0.05, 0) is 63.7 Å². The Balaban J connectivity index is 1.21. The highest BCUT2D eigenvalue weighted by Gasteiger charge is 2.40. The van der Waals surface area contributed by atoms with Crippen LogP contribution in [-0.4, -0.2) is 85.3 Å². The average molecular weight is 434 g/mol. The normalized spacial score (nSPS) is 27.7. The highest BCUT2D eigenvalue weighted by molar-refractivity contribution is 5.84. The first-order valence-electron chi connectivity index (χ1n) is 11.8. The second-order valence-corrected chi connectivity index (χ2v) is 9.66. The van der Waals surface area contributed by atoms with E-state index >= 15 is 0 Å². The Hall–Kier alpha value is -1.70. The summed E-state index contributed by atoms with van der Waals surface area (Å²) in [5, 5.41) is 9.83. The molecule has 2 saturated heterocycles. The summed E-state index contributed by atoms with van der Waals surface area (Å²) in [5.41, 5.74) is 0.852. The minimum Gasteiger partial charge on any atom is -0.489 e. The number of likely N-dealkylation sites (tertiary alicyclic amines) is 1. The average Bonchev–Trinajstić information content (AvgIpc) is 3.11. The Bertz CT molecular complexity index is 766. The molecule has 1 aromatic rings. The Morgan fingerprint density at radius 3 is 2.55 bits per heavy atom. The Labute approximate surface area is 184 Å². The quantitative estimate of drug-likeness (QED) is 0.713. The molecule has 0 spiro atoms. The van der Waals surface area contributed by atoms with E-state index < -0.39 is 6.10 Å². The molecule has 0 amide bonds. The van der Waals surface area contributed by atoms with Gasteiger partial charge in [-0.1, -0.05) is 0 Å². The molecule has 0 radical (unpaired) electrons. The summed E-state index contributed by atoms with van der Waals surface area (Å²) in [4.78, 5) is 19.0. The molecule has 2 aliphatic heterocycles. The van der Waals surface area contributed by atoms with E-state index in [1.807, 2.05) is 13.8 Å². The molecule has 3 aliphatic rings. The Kier molecular flexibility index (Phi) is 7.14. The summed E-state index contributed by atoms with van der Waals surface area (Å²) in [5.74, 6) is 1.47. The zero-order chi connectivity index (χ0) is 22.0. The lowest BCUT2D eigenvalue weighted by Gasteiger charge is -2.37. The van der Waals surface area contributed by atoms with Crippen LogP contribution < -0.4 is 9.64 Å². The highest BCUT2D eigenvalue weighted by Crippen LogP contribution is 2.35. The number of fused-ring (bicyclic) bond motifs is 1. The Morgan fingerprint density at radius 2 is 1.81 bits per heavy atom. The third-order valence-electron chi connectivity index (χ3n) is 6.96. The van der Waals surface area contributed by atoms with Crippen LogP contribution in [-0.2, 0) is 4.79 Å². The van der Waals surface area contributed by atoms with Gasteiger partial charge in [-0.25, -0.2) is 4.39 Å². The van der Waals surface area contributed by atoms with Crippen molar-refractivity contribution in [2.24, 2.45) is 11.8 Å². The monoisotopic (exact) mass is 433 g/mol. The zero-order valence-electron chi connectivity index (χ0n) is 18.8. The van der Waals surface area contributed by atoms with Gasteiger partial charge in [0.2, 0.25) is 0 Å². The number of benzene rings is 1. The second-order valence-electron chi connectivity index (χ2n) is 9.66. The number of aliphatic hydroxyl groups excluding tert-OH is 1. The van der Waals surface area contributed by atoms with Crippen molar-refractivity contribution in [2.75, 3.05) is 57.3 Å². The molecular formula is C24H36FN3O3. The predicted molar refractivity (Wildman–Crippen MR) is 119 cm³/mol. The minimum absolute atomic E-state index is 0.0289. The third kappa shape index (κ3) is 5.57. The van der Waals surface area contributed by atoms with Crippen molar-refractivity contribution in [3.8, 4) is 5.75 Å². The third-order valence-corrected chi connectivity index (χ3v) is 6.96. The fourth-order valence-corrected chi connectivity index (χ4v) is 5.35. The molecule has 3 unspecified atom stereocenters. The van der Waals surface area contributed by atoms with Gasteiger partial charge in [0, 0.05) is 51.8 Å². The number of rotatable bonds is 7. The largest absolute Gasteiger partial charge is 0.489 e. The van der Waals surface area contributed by atoms with Gasteiger partial charge in [-0.15, -0.1) is 0 Å². The lowest BCUT2D eigenvalue weighted by Crippen LogP contribution is -2.47. The standard InChI is InChI=1S/C24H36FN3O3/c1-17(2)31-24-5-4-20(25)14-21(24)28-10-8-26(9-11-28)6-3-7-27-15-18-12-22(29)23(30)13-19(18)16-27/h4-5,14,17-19,22,29H,3,6-13,15-16H2,1-2H3. The fourth-order valence-electron chi connectivity index (χ4n) is 5.35. The molecule has 6 nitrogen and oxygen atoms in total. The van der Waals surface area contributed by atoms with Gasteiger partial charge in [0.1, 0.15) is 17.7 Å². The van der Waals surface area contributed by atoms with Crippen LogP contribution in [0.25, 0.3) is 0 Å². The lowest BCUT2D eigenvalue weighted by molar-refractivity contribution is -0.131. The molecule has 1 N–H and O–H groups in total. The van der Waals surface area contributed by atoms with Crippen LogP contribution in [0.15, 0.2) is 18.2 Å². The zero-order valence-corrected chi connectivity index (χ0v) is 18.8. The second kappa shape index (κ2) is 9.84. The molecular weight excluding hydrogens is 397 g/mol. The molecule has 7 heteroatoms. The van der Waals surface area contributed by atoms with Crippen molar-refractivity contribution in [3.05, 3.63) is 24.0 Å². The van der Waals surface area contributed by atoms with Crippen molar-refractivity contribution in [2.45, 2.75) is 45.3 Å². The molecule has 1 saturated carbocycles. The summed E-state index contributed by atoms with van der Waals surface area (Å²) in [6.07, 6.45) is 1.62. The van der Waals surface area contributed by atoms with Gasteiger partial charge in [0.05, 0.1) is 11.8 Å². The van der Waals surface area contributed by atoms with Crippen LogP contribution >= 0.6 is 0 Å². The molecule has 1 aliphatic carbocycles. The highest BCUT2D eigenvalue weighted by atomic mass is 19.1. The number of halogens is 1.